The van der Waals surface area contributed by atoms with Gasteiger partial charge in [-0.3, -0.25) is 0 Å². The van der Waals surface area contributed by atoms with Gasteiger partial charge in [-0.1, -0.05) is 12.1 Å². The highest BCUT2D eigenvalue weighted by Gasteiger charge is 2.09. The van der Waals surface area contributed by atoms with Gasteiger partial charge in [0, 0.05) is 13.6 Å². The molecule has 0 saturated carbocycles. The number of rotatable bonds is 5. The lowest BCUT2D eigenvalue weighted by molar-refractivity contribution is 0.0690. The van der Waals surface area contributed by atoms with Gasteiger partial charge >= 0.3 is 5.97 Å². The van der Waals surface area contributed by atoms with Crippen molar-refractivity contribution in [3.8, 4) is 5.75 Å². The molecule has 0 unspecified atom stereocenters. The number of aryl methyl sites for hydroxylation is 1. The molecule has 0 atom stereocenters. The van der Waals surface area contributed by atoms with Gasteiger partial charge in [-0.25, -0.2) is 14.8 Å². The SMILES string of the molecule is COc1ccc(CN(C)c2cnc(C(=O)O)cn2)cc1C. The van der Waals surface area contributed by atoms with Gasteiger partial charge in [0.15, 0.2) is 5.69 Å². The zero-order valence-corrected chi connectivity index (χ0v) is 12.2. The first kappa shape index (κ1) is 14.8. The summed E-state index contributed by atoms with van der Waals surface area (Å²) in [5.41, 5.74) is 2.11. The second-order valence-corrected chi connectivity index (χ2v) is 4.73. The van der Waals surface area contributed by atoms with Crippen LogP contribution in [-0.2, 0) is 6.54 Å². The summed E-state index contributed by atoms with van der Waals surface area (Å²) < 4.78 is 5.23. The zero-order valence-electron chi connectivity index (χ0n) is 12.2. The highest BCUT2D eigenvalue weighted by atomic mass is 16.5. The van der Waals surface area contributed by atoms with Crippen LogP contribution in [-0.4, -0.2) is 35.2 Å². The number of carboxylic acid groups (broad SMARTS) is 1. The van der Waals surface area contributed by atoms with Crippen molar-refractivity contribution in [2.75, 3.05) is 19.1 Å². The largest absolute Gasteiger partial charge is 0.496 e. The lowest BCUT2D eigenvalue weighted by atomic mass is 10.1. The number of hydrogen-bond donors (Lipinski definition) is 1. The molecule has 0 aliphatic rings. The molecular formula is C15H17N3O3. The van der Waals surface area contributed by atoms with Gasteiger partial charge in [-0.15, -0.1) is 0 Å². The second kappa shape index (κ2) is 6.21. The Bertz CT molecular complexity index is 641. The summed E-state index contributed by atoms with van der Waals surface area (Å²) in [6.07, 6.45) is 2.72. The molecule has 0 spiro atoms. The molecule has 21 heavy (non-hydrogen) atoms. The van der Waals surface area contributed by atoms with Crippen LogP contribution in [0.25, 0.3) is 0 Å². The first-order valence-corrected chi connectivity index (χ1v) is 6.41. The van der Waals surface area contributed by atoms with Gasteiger partial charge in [-0.2, -0.15) is 0 Å². The summed E-state index contributed by atoms with van der Waals surface area (Å²) in [5, 5.41) is 8.80. The maximum absolute atomic E-state index is 10.7. The summed E-state index contributed by atoms with van der Waals surface area (Å²) >= 11 is 0. The van der Waals surface area contributed by atoms with Crippen molar-refractivity contribution in [1.82, 2.24) is 9.97 Å². The Hall–Kier alpha value is -2.63. The number of methoxy groups -OCH3 is 1. The summed E-state index contributed by atoms with van der Waals surface area (Å²) in [4.78, 5) is 20.6. The van der Waals surface area contributed by atoms with Crippen molar-refractivity contribution in [1.29, 1.82) is 0 Å². The van der Waals surface area contributed by atoms with Crippen LogP contribution in [0.15, 0.2) is 30.6 Å². The molecule has 1 N–H and O–H groups in total. The van der Waals surface area contributed by atoms with Crippen LogP contribution >= 0.6 is 0 Å². The minimum atomic E-state index is -1.08. The van der Waals surface area contributed by atoms with E-state index < -0.39 is 5.97 Å². The van der Waals surface area contributed by atoms with Crippen molar-refractivity contribution in [2.45, 2.75) is 13.5 Å². The van der Waals surface area contributed by atoms with E-state index in [9.17, 15) is 4.79 Å². The van der Waals surface area contributed by atoms with Crippen LogP contribution in [0.3, 0.4) is 0 Å². The third kappa shape index (κ3) is 3.47. The fourth-order valence-corrected chi connectivity index (χ4v) is 2.02. The predicted octanol–water partition coefficient (Wildman–Crippen LogP) is 2.13. The molecule has 2 aromatic rings. The van der Waals surface area contributed by atoms with Crippen molar-refractivity contribution in [2.24, 2.45) is 0 Å². The number of hydrogen-bond acceptors (Lipinski definition) is 5. The van der Waals surface area contributed by atoms with Crippen LogP contribution in [0.1, 0.15) is 21.6 Å². The summed E-state index contributed by atoms with van der Waals surface area (Å²) in [6, 6.07) is 5.97. The number of ether oxygens (including phenoxy) is 1. The molecule has 110 valence electrons. The molecule has 0 aliphatic heterocycles. The van der Waals surface area contributed by atoms with Crippen LogP contribution in [0.2, 0.25) is 0 Å². The zero-order chi connectivity index (χ0) is 15.4. The monoisotopic (exact) mass is 287 g/mol. The average Bonchev–Trinajstić information content (AvgIpc) is 2.47. The Morgan fingerprint density at radius 2 is 2.10 bits per heavy atom. The summed E-state index contributed by atoms with van der Waals surface area (Å²) in [7, 11) is 3.53. The van der Waals surface area contributed by atoms with Crippen LogP contribution in [0.5, 0.6) is 5.75 Å². The van der Waals surface area contributed by atoms with Crippen LogP contribution in [0.4, 0.5) is 5.82 Å². The number of anilines is 1. The van der Waals surface area contributed by atoms with Crippen LogP contribution in [0, 0.1) is 6.92 Å². The molecule has 1 aromatic heterocycles. The standard InChI is InChI=1S/C15H17N3O3/c1-10-6-11(4-5-13(10)21-3)9-18(2)14-8-16-12(7-17-14)15(19)20/h4-8H,9H2,1-3H3,(H,19,20). The van der Waals surface area contributed by atoms with Gasteiger partial charge in [0.05, 0.1) is 19.5 Å². The van der Waals surface area contributed by atoms with Crippen molar-refractivity contribution >= 4 is 11.8 Å². The summed E-state index contributed by atoms with van der Waals surface area (Å²) in [6.45, 7) is 2.63. The lowest BCUT2D eigenvalue weighted by Crippen LogP contribution is -2.18. The molecule has 2 rings (SSSR count). The normalized spacial score (nSPS) is 10.2. The van der Waals surface area contributed by atoms with E-state index in [0.29, 0.717) is 12.4 Å². The molecule has 0 amide bonds. The minimum Gasteiger partial charge on any atom is -0.496 e. The number of carboxylic acids is 1. The number of aromatic carboxylic acids is 1. The molecule has 6 nitrogen and oxygen atoms in total. The molecule has 0 saturated heterocycles. The number of aromatic nitrogens is 2. The Morgan fingerprint density at radius 1 is 1.33 bits per heavy atom. The van der Waals surface area contributed by atoms with Gasteiger partial charge in [0.25, 0.3) is 0 Å². The maximum atomic E-state index is 10.7. The topological polar surface area (TPSA) is 75.5 Å². The molecule has 1 heterocycles. The molecule has 0 fully saturated rings. The average molecular weight is 287 g/mol. The van der Waals surface area contributed by atoms with Crippen LogP contribution < -0.4 is 9.64 Å². The lowest BCUT2D eigenvalue weighted by Gasteiger charge is -2.18. The highest BCUT2D eigenvalue weighted by molar-refractivity contribution is 5.84. The molecular weight excluding hydrogens is 270 g/mol. The first-order chi connectivity index (χ1) is 10.0. The van der Waals surface area contributed by atoms with Crippen molar-refractivity contribution < 1.29 is 14.6 Å². The van der Waals surface area contributed by atoms with E-state index in [1.165, 1.54) is 12.4 Å². The number of benzene rings is 1. The smallest absolute Gasteiger partial charge is 0.356 e. The predicted molar refractivity (Wildman–Crippen MR) is 78.8 cm³/mol. The number of nitrogens with zero attached hydrogens (tertiary/aromatic N) is 3. The first-order valence-electron chi connectivity index (χ1n) is 6.41. The van der Waals surface area contributed by atoms with Crippen molar-refractivity contribution in [3.63, 3.8) is 0 Å². The van der Waals surface area contributed by atoms with E-state index in [4.69, 9.17) is 9.84 Å². The third-order valence-electron chi connectivity index (χ3n) is 3.13. The fourth-order valence-electron chi connectivity index (χ4n) is 2.02. The molecule has 0 aliphatic carbocycles. The molecule has 0 radical (unpaired) electrons. The molecule has 0 bridgehead atoms. The Balaban J connectivity index is 2.12. The minimum absolute atomic E-state index is 0.0626. The van der Waals surface area contributed by atoms with E-state index in [1.54, 1.807) is 7.11 Å². The summed E-state index contributed by atoms with van der Waals surface area (Å²) in [5.74, 6) is 0.392. The van der Waals surface area contributed by atoms with Gasteiger partial charge < -0.3 is 14.7 Å². The van der Waals surface area contributed by atoms with Gasteiger partial charge in [0.2, 0.25) is 0 Å². The quantitative estimate of drug-likeness (QED) is 0.908. The second-order valence-electron chi connectivity index (χ2n) is 4.73. The van der Waals surface area contributed by atoms with E-state index >= 15 is 0 Å². The van der Waals surface area contributed by atoms with Gasteiger partial charge in [-0.05, 0) is 24.1 Å². The Labute approximate surface area is 123 Å². The van der Waals surface area contributed by atoms with E-state index in [2.05, 4.69) is 9.97 Å². The number of carbonyl (C=O) groups is 1. The van der Waals surface area contributed by atoms with E-state index in [0.717, 1.165) is 16.9 Å². The van der Waals surface area contributed by atoms with E-state index in [1.807, 2.05) is 37.1 Å². The third-order valence-corrected chi connectivity index (χ3v) is 3.13. The molecule has 6 heteroatoms. The highest BCUT2D eigenvalue weighted by Crippen LogP contribution is 2.20. The Morgan fingerprint density at radius 3 is 2.62 bits per heavy atom. The van der Waals surface area contributed by atoms with E-state index in [-0.39, 0.29) is 5.69 Å². The maximum Gasteiger partial charge on any atom is 0.356 e. The van der Waals surface area contributed by atoms with Crippen molar-refractivity contribution in [3.05, 3.63) is 47.4 Å². The molecule has 1 aromatic carbocycles. The fraction of sp³-hybridized carbons (Fsp3) is 0.267. The van der Waals surface area contributed by atoms with Gasteiger partial charge in [0.1, 0.15) is 11.6 Å². The Kier molecular flexibility index (Phi) is 4.37.